The van der Waals surface area contributed by atoms with E-state index < -0.39 is 0 Å². The highest BCUT2D eigenvalue weighted by Gasteiger charge is 2.23. The smallest absolute Gasteiger partial charge is 0.250 e. The second-order valence-corrected chi connectivity index (χ2v) is 9.80. The number of nitrogens with zero attached hydrogens (tertiary/aromatic N) is 3. The molecule has 0 unspecified atom stereocenters. The molecule has 2 aromatic carbocycles. The molecule has 0 bridgehead atoms. The number of aryl methyl sites for hydroxylation is 1. The molecule has 5 heteroatoms. The Balaban J connectivity index is 1.52. The number of imidazole rings is 1. The molecular weight excluding hydrogens is 410 g/mol. The molecule has 0 atom stereocenters. The summed E-state index contributed by atoms with van der Waals surface area (Å²) >= 11 is 0. The van der Waals surface area contributed by atoms with Gasteiger partial charge in [-0.3, -0.25) is 4.79 Å². The summed E-state index contributed by atoms with van der Waals surface area (Å²) in [5.74, 6) is 0.871. The summed E-state index contributed by atoms with van der Waals surface area (Å²) < 4.78 is 7.57. The third-order valence-electron chi connectivity index (χ3n) is 6.16. The van der Waals surface area contributed by atoms with Gasteiger partial charge in [-0.15, -0.1) is 0 Å². The van der Waals surface area contributed by atoms with Crippen LogP contribution in [0.2, 0.25) is 0 Å². The van der Waals surface area contributed by atoms with E-state index in [4.69, 9.17) is 4.74 Å². The lowest BCUT2D eigenvalue weighted by Gasteiger charge is -2.29. The van der Waals surface area contributed by atoms with Crippen LogP contribution in [0.1, 0.15) is 56.0 Å². The van der Waals surface area contributed by atoms with Crippen LogP contribution < -0.4 is 4.74 Å². The predicted octanol–water partition coefficient (Wildman–Crippen LogP) is 5.69. The molecule has 5 nitrogen and oxygen atoms in total. The van der Waals surface area contributed by atoms with Crippen LogP contribution in [0.15, 0.2) is 60.6 Å². The largest absolute Gasteiger partial charge is 0.495 e. The van der Waals surface area contributed by atoms with E-state index in [-0.39, 0.29) is 11.3 Å². The van der Waals surface area contributed by atoms with Gasteiger partial charge in [0.05, 0.1) is 24.8 Å². The van der Waals surface area contributed by atoms with Gasteiger partial charge >= 0.3 is 0 Å². The number of benzene rings is 2. The lowest BCUT2D eigenvalue weighted by Crippen LogP contribution is -2.36. The minimum atomic E-state index is 0.120. The number of methoxy groups -OCH3 is 1. The lowest BCUT2D eigenvalue weighted by molar-refractivity contribution is -0.129. The maximum absolute atomic E-state index is 13.2. The molecule has 33 heavy (non-hydrogen) atoms. The second kappa shape index (κ2) is 9.26. The van der Waals surface area contributed by atoms with Gasteiger partial charge in [0.15, 0.2) is 0 Å². The molecule has 4 rings (SSSR count). The summed E-state index contributed by atoms with van der Waals surface area (Å²) in [7, 11) is 1.66. The molecule has 1 aliphatic heterocycles. The van der Waals surface area contributed by atoms with Gasteiger partial charge in [-0.1, -0.05) is 51.1 Å². The predicted molar refractivity (Wildman–Crippen MR) is 133 cm³/mol. The molecule has 0 N–H and O–H groups in total. The fraction of sp³-hybridized carbons (Fsp3) is 0.357. The third-order valence-corrected chi connectivity index (χ3v) is 6.16. The number of likely N-dealkylation sites (tertiary alicyclic amines) is 1. The van der Waals surface area contributed by atoms with Gasteiger partial charge < -0.3 is 14.2 Å². The van der Waals surface area contributed by atoms with E-state index in [9.17, 15) is 4.79 Å². The summed E-state index contributed by atoms with van der Waals surface area (Å²) in [6.07, 6.45) is 7.52. The van der Waals surface area contributed by atoms with Crippen LogP contribution in [0.3, 0.4) is 0 Å². The van der Waals surface area contributed by atoms with E-state index in [1.807, 2.05) is 46.9 Å². The molecule has 3 aromatic rings. The molecule has 0 spiro atoms. The van der Waals surface area contributed by atoms with Crippen LogP contribution in [-0.4, -0.2) is 34.0 Å². The first-order chi connectivity index (χ1) is 15.7. The van der Waals surface area contributed by atoms with Crippen LogP contribution in [0.5, 0.6) is 5.75 Å². The van der Waals surface area contributed by atoms with Crippen LogP contribution in [-0.2, 0) is 16.8 Å². The summed E-state index contributed by atoms with van der Waals surface area (Å²) in [5.41, 5.74) is 6.29. The fourth-order valence-electron chi connectivity index (χ4n) is 4.24. The van der Waals surface area contributed by atoms with Gasteiger partial charge in [-0.05, 0) is 60.1 Å². The quantitative estimate of drug-likeness (QED) is 0.476. The van der Waals surface area contributed by atoms with Crippen molar-refractivity contribution in [3.8, 4) is 11.4 Å². The van der Waals surface area contributed by atoms with Crippen LogP contribution in [0.25, 0.3) is 11.8 Å². The van der Waals surface area contributed by atoms with E-state index in [2.05, 4.69) is 50.0 Å². The Morgan fingerprint density at radius 1 is 1.12 bits per heavy atom. The number of amides is 1. The minimum absolute atomic E-state index is 0.120. The molecule has 0 radical (unpaired) electrons. The highest BCUT2D eigenvalue weighted by atomic mass is 16.5. The number of hydrogen-bond acceptors (Lipinski definition) is 3. The summed E-state index contributed by atoms with van der Waals surface area (Å²) in [6.45, 7) is 10.0. The molecule has 1 saturated heterocycles. The highest BCUT2D eigenvalue weighted by Crippen LogP contribution is 2.28. The van der Waals surface area contributed by atoms with Gasteiger partial charge in [0.2, 0.25) is 5.91 Å². The van der Waals surface area contributed by atoms with Crippen molar-refractivity contribution in [2.45, 2.75) is 52.5 Å². The van der Waals surface area contributed by atoms with E-state index in [1.54, 1.807) is 13.4 Å². The van der Waals surface area contributed by atoms with Crippen molar-refractivity contribution in [1.29, 1.82) is 0 Å². The Kier molecular flexibility index (Phi) is 6.41. The average Bonchev–Trinajstić information content (AvgIpc) is 3.22. The SMILES string of the molecule is COc1cc(C=C2CCCN(Cc3ccc(C(C)(C)C)cc3)C2=O)ccc1-n1cnc(C)c1. The van der Waals surface area contributed by atoms with Crippen LogP contribution in [0, 0.1) is 6.92 Å². The molecule has 172 valence electrons. The van der Waals surface area contributed by atoms with Gasteiger partial charge in [-0.25, -0.2) is 4.98 Å². The first kappa shape index (κ1) is 22.8. The summed E-state index contributed by atoms with van der Waals surface area (Å²) in [6, 6.07) is 14.7. The Labute approximate surface area is 196 Å². The highest BCUT2D eigenvalue weighted by molar-refractivity contribution is 5.98. The van der Waals surface area contributed by atoms with E-state index in [0.717, 1.165) is 47.7 Å². The molecule has 1 aromatic heterocycles. The molecular formula is C28H33N3O2. The standard InChI is InChI=1S/C28H33N3O2/c1-20-17-31(19-29-20)25-13-10-22(16-26(25)33-5)15-23-7-6-14-30(27(23)32)18-21-8-11-24(12-9-21)28(2,3)4/h8-13,15-17,19H,6-7,14,18H2,1-5H3. The first-order valence-corrected chi connectivity index (χ1v) is 11.5. The maximum atomic E-state index is 13.2. The Hall–Kier alpha value is -3.34. The third kappa shape index (κ3) is 5.19. The average molecular weight is 444 g/mol. The monoisotopic (exact) mass is 443 g/mol. The van der Waals surface area contributed by atoms with Crippen LogP contribution >= 0.6 is 0 Å². The normalized spacial score (nSPS) is 15.8. The number of carbonyl (C=O) groups is 1. The Morgan fingerprint density at radius 2 is 1.88 bits per heavy atom. The van der Waals surface area contributed by atoms with Gasteiger partial charge in [-0.2, -0.15) is 0 Å². The molecule has 1 aliphatic rings. The number of carbonyl (C=O) groups excluding carboxylic acids is 1. The van der Waals surface area contributed by atoms with E-state index in [0.29, 0.717) is 6.54 Å². The number of ether oxygens (including phenoxy) is 1. The molecule has 2 heterocycles. The minimum Gasteiger partial charge on any atom is -0.495 e. The molecule has 0 aliphatic carbocycles. The van der Waals surface area contributed by atoms with Crippen LogP contribution in [0.4, 0.5) is 0 Å². The lowest BCUT2D eigenvalue weighted by atomic mass is 9.86. The fourth-order valence-corrected chi connectivity index (χ4v) is 4.24. The van der Waals surface area contributed by atoms with Crippen molar-refractivity contribution >= 4 is 12.0 Å². The zero-order valence-corrected chi connectivity index (χ0v) is 20.3. The summed E-state index contributed by atoms with van der Waals surface area (Å²) in [4.78, 5) is 19.5. The maximum Gasteiger partial charge on any atom is 0.250 e. The van der Waals surface area contributed by atoms with Crippen molar-refractivity contribution in [3.05, 3.63) is 82.9 Å². The van der Waals surface area contributed by atoms with Crippen molar-refractivity contribution in [1.82, 2.24) is 14.5 Å². The van der Waals surface area contributed by atoms with Crippen molar-refractivity contribution < 1.29 is 9.53 Å². The number of hydrogen-bond donors (Lipinski definition) is 0. The zero-order valence-electron chi connectivity index (χ0n) is 20.3. The first-order valence-electron chi connectivity index (χ1n) is 11.5. The zero-order chi connectivity index (χ0) is 23.6. The van der Waals surface area contributed by atoms with Crippen molar-refractivity contribution in [2.75, 3.05) is 13.7 Å². The Morgan fingerprint density at radius 3 is 2.52 bits per heavy atom. The molecule has 1 amide bonds. The number of aromatic nitrogens is 2. The van der Waals surface area contributed by atoms with Crippen molar-refractivity contribution in [3.63, 3.8) is 0 Å². The summed E-state index contributed by atoms with van der Waals surface area (Å²) in [5, 5.41) is 0. The molecule has 0 saturated carbocycles. The van der Waals surface area contributed by atoms with Gasteiger partial charge in [0, 0.05) is 24.9 Å². The van der Waals surface area contributed by atoms with E-state index >= 15 is 0 Å². The molecule has 1 fully saturated rings. The number of rotatable bonds is 5. The van der Waals surface area contributed by atoms with E-state index in [1.165, 1.54) is 11.1 Å². The van der Waals surface area contributed by atoms with Gasteiger partial charge in [0.1, 0.15) is 5.75 Å². The number of piperidine rings is 1. The second-order valence-electron chi connectivity index (χ2n) is 9.80. The Bertz CT molecular complexity index is 1170. The van der Waals surface area contributed by atoms with Crippen molar-refractivity contribution in [2.24, 2.45) is 0 Å². The van der Waals surface area contributed by atoms with Gasteiger partial charge in [0.25, 0.3) is 0 Å². The topological polar surface area (TPSA) is 47.4 Å².